The van der Waals surface area contributed by atoms with Crippen molar-refractivity contribution in [1.82, 2.24) is 14.5 Å². The van der Waals surface area contributed by atoms with E-state index in [-0.39, 0.29) is 30.2 Å². The first-order chi connectivity index (χ1) is 19.3. The number of benzene rings is 2. The van der Waals surface area contributed by atoms with Crippen molar-refractivity contribution >= 4 is 40.2 Å². The van der Waals surface area contributed by atoms with Crippen molar-refractivity contribution < 1.29 is 19.1 Å². The molecule has 0 aliphatic heterocycles. The summed E-state index contributed by atoms with van der Waals surface area (Å²) in [5.74, 6) is -0.833. The number of nitrogens with one attached hydrogen (secondary N) is 2. The van der Waals surface area contributed by atoms with E-state index < -0.39 is 23.5 Å². The average Bonchev–Trinajstić information content (AvgIpc) is 3.37. The van der Waals surface area contributed by atoms with Gasteiger partial charge in [0.1, 0.15) is 6.04 Å². The molecule has 1 atom stereocenters. The van der Waals surface area contributed by atoms with Crippen LogP contribution >= 0.6 is 11.6 Å². The molecule has 1 amide bonds. The Bertz CT molecular complexity index is 1780. The summed E-state index contributed by atoms with van der Waals surface area (Å²) in [7, 11) is 1.46. The number of rotatable bonds is 8. The van der Waals surface area contributed by atoms with Crippen molar-refractivity contribution in [1.29, 1.82) is 5.26 Å². The van der Waals surface area contributed by atoms with E-state index in [0.717, 1.165) is 0 Å². The smallest absolute Gasteiger partial charge is 0.460 e. The second-order valence-electron chi connectivity index (χ2n) is 8.47. The summed E-state index contributed by atoms with van der Waals surface area (Å²) in [5.41, 5.74) is 1.95. The van der Waals surface area contributed by atoms with Gasteiger partial charge >= 0.3 is 12.2 Å². The monoisotopic (exact) mass is 559 g/mol. The van der Waals surface area contributed by atoms with E-state index in [1.807, 2.05) is 0 Å². The topological polar surface area (TPSA) is 143 Å². The van der Waals surface area contributed by atoms with Crippen molar-refractivity contribution in [2.75, 3.05) is 19.0 Å². The van der Waals surface area contributed by atoms with Crippen LogP contribution in [0.1, 0.15) is 42.5 Å². The lowest BCUT2D eigenvalue weighted by molar-refractivity contribution is -0.119. The number of hydrogen-bond acceptors (Lipinski definition) is 7. The maximum Gasteiger partial charge on any atom is 0.519 e. The minimum atomic E-state index is -0.912. The number of nitriles is 1. The molecule has 0 saturated carbocycles. The van der Waals surface area contributed by atoms with Crippen LogP contribution in [0, 0.1) is 17.6 Å². The quantitative estimate of drug-likeness (QED) is 0.229. The summed E-state index contributed by atoms with van der Waals surface area (Å²) < 4.78 is 11.8. The molecule has 0 bridgehead atoms. The van der Waals surface area contributed by atoms with Crippen LogP contribution in [0.3, 0.4) is 0 Å². The van der Waals surface area contributed by atoms with Gasteiger partial charge in [-0.1, -0.05) is 18.5 Å². The molecule has 12 heteroatoms. The number of fused-ring (bicyclic) bond motifs is 1. The van der Waals surface area contributed by atoms with Crippen molar-refractivity contribution in [2.24, 2.45) is 0 Å². The molecule has 0 fully saturated rings. The molecule has 0 spiro atoms. The van der Waals surface area contributed by atoms with Crippen molar-refractivity contribution in [3.63, 3.8) is 0 Å². The lowest BCUT2D eigenvalue weighted by Gasteiger charge is -2.19. The highest BCUT2D eigenvalue weighted by atomic mass is 35.5. The molecule has 4 rings (SSSR count). The number of H-pyrrole nitrogens is 1. The van der Waals surface area contributed by atoms with Gasteiger partial charge in [0, 0.05) is 27.9 Å². The summed E-state index contributed by atoms with van der Waals surface area (Å²) in [6, 6.07) is 12.0. The highest BCUT2D eigenvalue weighted by Crippen LogP contribution is 2.34. The van der Waals surface area contributed by atoms with Gasteiger partial charge in [0.05, 0.1) is 35.5 Å². The van der Waals surface area contributed by atoms with Gasteiger partial charge in [-0.2, -0.15) is 5.26 Å². The summed E-state index contributed by atoms with van der Waals surface area (Å²) in [4.78, 5) is 49.4. The standard InChI is InChI=1S/C28H23ClN6O5/c1-4-23(27(37)32-18-8-9-21-22(11-18)34-26(33-21)28(38)39-5-2)35-14-24(40-15-31-3)20(12-25(35)36)19-10-17(29)7-6-16(19)13-30/h6-12,14,23H,4-5H2,1-3H3,(H-,32,33,34,37,38)/p+1. The summed E-state index contributed by atoms with van der Waals surface area (Å²) in [5, 5.41) is 12.8. The molecular weight excluding hydrogens is 536 g/mol. The second-order valence-corrected chi connectivity index (χ2v) is 8.90. The molecule has 2 aromatic carbocycles. The van der Waals surface area contributed by atoms with E-state index in [2.05, 4.69) is 32.5 Å². The third-order valence-electron chi connectivity index (χ3n) is 5.93. The molecule has 4 aromatic rings. The van der Waals surface area contributed by atoms with Gasteiger partial charge in [-0.05, 0) is 54.6 Å². The minimum absolute atomic E-state index is 0.0533. The first-order valence-electron chi connectivity index (χ1n) is 12.2. The highest BCUT2D eigenvalue weighted by molar-refractivity contribution is 6.31. The van der Waals surface area contributed by atoms with Gasteiger partial charge in [-0.15, -0.1) is 0 Å². The number of imidazole rings is 1. The second kappa shape index (κ2) is 12.2. The zero-order valence-corrected chi connectivity index (χ0v) is 22.6. The van der Waals surface area contributed by atoms with Gasteiger partial charge in [0.2, 0.25) is 11.7 Å². The first-order valence-corrected chi connectivity index (χ1v) is 12.6. The first kappa shape index (κ1) is 27.9. The summed E-state index contributed by atoms with van der Waals surface area (Å²) in [6.07, 6.45) is 4.04. The Labute approximate surface area is 233 Å². The molecule has 0 saturated heterocycles. The highest BCUT2D eigenvalue weighted by Gasteiger charge is 2.24. The van der Waals surface area contributed by atoms with E-state index in [0.29, 0.717) is 32.9 Å². The zero-order valence-electron chi connectivity index (χ0n) is 21.8. The largest absolute Gasteiger partial charge is 0.519 e. The SMILES string of the molecule is CCOC(=O)c1nc2ccc(NC(=O)C(CC)n3cc(OC#[N+]C)c(-c4cc(Cl)ccc4C#N)cc3=O)cc2[nH]1. The maximum absolute atomic E-state index is 13.4. The van der Waals surface area contributed by atoms with Gasteiger partial charge < -0.3 is 19.8 Å². The number of hydrogen-bond donors (Lipinski definition) is 2. The Kier molecular flexibility index (Phi) is 8.48. The third-order valence-corrected chi connectivity index (χ3v) is 6.16. The molecule has 2 N–H and O–H groups in total. The number of nitrogens with zero attached hydrogens (tertiary/aromatic N) is 4. The molecule has 202 valence electrons. The van der Waals surface area contributed by atoms with E-state index >= 15 is 0 Å². The maximum atomic E-state index is 13.4. The third kappa shape index (κ3) is 5.80. The Morgan fingerprint density at radius 2 is 2.00 bits per heavy atom. The molecule has 0 aliphatic carbocycles. The van der Waals surface area contributed by atoms with Crippen LogP contribution in [-0.4, -0.2) is 40.1 Å². The van der Waals surface area contributed by atoms with E-state index in [4.69, 9.17) is 21.1 Å². The number of pyridine rings is 1. The van der Waals surface area contributed by atoms with Crippen LogP contribution in [0.15, 0.2) is 53.5 Å². The molecule has 1 unspecified atom stereocenters. The lowest BCUT2D eigenvalue weighted by atomic mass is 10.00. The molecule has 0 aliphatic rings. The Morgan fingerprint density at radius 1 is 1.20 bits per heavy atom. The molecule has 0 radical (unpaired) electrons. The van der Waals surface area contributed by atoms with Gasteiger partial charge in [-0.25, -0.2) is 9.78 Å². The predicted octanol–water partition coefficient (Wildman–Crippen LogP) is 4.98. The molecular formula is C28H24ClN6O5+. The van der Waals surface area contributed by atoms with Crippen LogP contribution in [-0.2, 0) is 9.53 Å². The average molecular weight is 560 g/mol. The Hall–Kier alpha value is -5.13. The Morgan fingerprint density at radius 3 is 2.70 bits per heavy atom. The fourth-order valence-corrected chi connectivity index (χ4v) is 4.29. The molecule has 11 nitrogen and oxygen atoms in total. The fourth-order valence-electron chi connectivity index (χ4n) is 4.11. The summed E-state index contributed by atoms with van der Waals surface area (Å²) >= 11 is 6.16. The van der Waals surface area contributed by atoms with Crippen molar-refractivity contribution in [2.45, 2.75) is 26.3 Å². The molecule has 40 heavy (non-hydrogen) atoms. The molecule has 2 heterocycles. The number of halogens is 1. The zero-order chi connectivity index (χ0) is 28.8. The van der Waals surface area contributed by atoms with Crippen molar-refractivity contribution in [3.8, 4) is 29.2 Å². The number of amides is 1. The minimum Gasteiger partial charge on any atom is -0.460 e. The summed E-state index contributed by atoms with van der Waals surface area (Å²) in [6.45, 7) is 3.67. The van der Waals surface area contributed by atoms with Crippen LogP contribution < -0.4 is 15.6 Å². The normalized spacial score (nSPS) is 11.2. The van der Waals surface area contributed by atoms with Crippen LogP contribution in [0.25, 0.3) is 27.0 Å². The van der Waals surface area contributed by atoms with E-state index in [1.54, 1.807) is 50.2 Å². The van der Waals surface area contributed by atoms with Gasteiger partial charge in [0.25, 0.3) is 12.6 Å². The van der Waals surface area contributed by atoms with E-state index in [1.165, 1.54) is 23.9 Å². The van der Waals surface area contributed by atoms with E-state index in [9.17, 15) is 19.6 Å². The number of ether oxygens (including phenoxy) is 2. The lowest BCUT2D eigenvalue weighted by Crippen LogP contribution is -2.32. The van der Waals surface area contributed by atoms with Crippen molar-refractivity contribution in [3.05, 3.63) is 80.3 Å². The number of carbonyl (C=O) groups is 2. The predicted molar refractivity (Wildman–Crippen MR) is 150 cm³/mol. The number of esters is 1. The number of aromatic nitrogens is 3. The number of anilines is 1. The van der Waals surface area contributed by atoms with Crippen LogP contribution in [0.2, 0.25) is 5.02 Å². The fraction of sp³-hybridized carbons (Fsp3) is 0.214. The number of aromatic amines is 1. The van der Waals surface area contributed by atoms with Crippen LogP contribution in [0.5, 0.6) is 5.75 Å². The Balaban J connectivity index is 1.69. The van der Waals surface area contributed by atoms with Gasteiger partial charge in [-0.3, -0.25) is 14.2 Å². The number of carbonyl (C=O) groups excluding carboxylic acids is 2. The van der Waals surface area contributed by atoms with Gasteiger partial charge in [0.15, 0.2) is 5.75 Å². The van der Waals surface area contributed by atoms with Crippen LogP contribution in [0.4, 0.5) is 5.69 Å². The molecule has 2 aromatic heterocycles.